The lowest BCUT2D eigenvalue weighted by atomic mass is 10.0. The minimum atomic E-state index is 0.523. The molecule has 2 N–H and O–H groups in total. The maximum atomic E-state index is 4.45. The molecule has 0 atom stereocenters. The Morgan fingerprint density at radius 3 is 2.37 bits per heavy atom. The van der Waals surface area contributed by atoms with E-state index >= 15 is 0 Å². The number of likely N-dealkylation sites (tertiary alicyclic amines) is 1. The van der Waals surface area contributed by atoms with E-state index in [0.717, 1.165) is 32.1 Å². The standard InChI is InChI=1S/C22H39N5/c1-5-14-27-15-12-21(13-16-27)25-22(23-4)24-17-19-10-8-9-11-20(19)18-26(6-2)7-3/h8-11,21H,5-7,12-18H2,1-4H3,(H2,23,24,25). The third-order valence-electron chi connectivity index (χ3n) is 5.54. The predicted octanol–water partition coefficient (Wildman–Crippen LogP) is 3.07. The summed E-state index contributed by atoms with van der Waals surface area (Å²) in [6.07, 6.45) is 3.63. The Kier molecular flexibility index (Phi) is 9.64. The molecule has 1 aliphatic rings. The van der Waals surface area contributed by atoms with E-state index in [-0.39, 0.29) is 0 Å². The molecule has 0 radical (unpaired) electrons. The van der Waals surface area contributed by atoms with Crippen LogP contribution in [-0.2, 0) is 13.1 Å². The van der Waals surface area contributed by atoms with E-state index < -0.39 is 0 Å². The third-order valence-corrected chi connectivity index (χ3v) is 5.54. The number of hydrogen-bond acceptors (Lipinski definition) is 3. The monoisotopic (exact) mass is 373 g/mol. The van der Waals surface area contributed by atoms with Crippen LogP contribution in [0.25, 0.3) is 0 Å². The van der Waals surface area contributed by atoms with Crippen molar-refractivity contribution in [3.05, 3.63) is 35.4 Å². The predicted molar refractivity (Wildman–Crippen MR) is 116 cm³/mol. The Hall–Kier alpha value is -1.59. The molecule has 152 valence electrons. The zero-order valence-electron chi connectivity index (χ0n) is 17.8. The first-order valence-electron chi connectivity index (χ1n) is 10.7. The molecule has 0 aliphatic carbocycles. The van der Waals surface area contributed by atoms with Crippen molar-refractivity contribution >= 4 is 5.96 Å². The highest BCUT2D eigenvalue weighted by atomic mass is 15.2. The minimum absolute atomic E-state index is 0.523. The van der Waals surface area contributed by atoms with Crippen molar-refractivity contribution in [2.45, 2.75) is 59.2 Å². The average molecular weight is 374 g/mol. The molecule has 0 saturated carbocycles. The largest absolute Gasteiger partial charge is 0.354 e. The molecule has 5 heteroatoms. The van der Waals surface area contributed by atoms with Crippen molar-refractivity contribution in [2.75, 3.05) is 39.8 Å². The van der Waals surface area contributed by atoms with Crippen LogP contribution in [-0.4, -0.2) is 61.6 Å². The lowest BCUT2D eigenvalue weighted by Crippen LogP contribution is -2.48. The molecule has 1 aromatic carbocycles. The zero-order chi connectivity index (χ0) is 19.5. The Balaban J connectivity index is 1.86. The van der Waals surface area contributed by atoms with Crippen molar-refractivity contribution in [1.82, 2.24) is 20.4 Å². The Labute approximate surface area is 166 Å². The third kappa shape index (κ3) is 7.15. The van der Waals surface area contributed by atoms with Crippen LogP contribution in [0.15, 0.2) is 29.3 Å². The molecule has 27 heavy (non-hydrogen) atoms. The first kappa shape index (κ1) is 21.7. The highest BCUT2D eigenvalue weighted by Crippen LogP contribution is 2.13. The lowest BCUT2D eigenvalue weighted by Gasteiger charge is -2.32. The molecule has 1 heterocycles. The molecule has 2 rings (SSSR count). The minimum Gasteiger partial charge on any atom is -0.354 e. The van der Waals surface area contributed by atoms with Gasteiger partial charge in [-0.15, -0.1) is 0 Å². The van der Waals surface area contributed by atoms with E-state index in [1.165, 1.54) is 50.0 Å². The number of nitrogens with zero attached hydrogens (tertiary/aromatic N) is 3. The summed E-state index contributed by atoms with van der Waals surface area (Å²) < 4.78 is 0. The summed E-state index contributed by atoms with van der Waals surface area (Å²) in [7, 11) is 1.86. The summed E-state index contributed by atoms with van der Waals surface area (Å²) in [5.41, 5.74) is 2.75. The molecule has 1 aromatic rings. The fourth-order valence-corrected chi connectivity index (χ4v) is 3.76. The number of rotatable bonds is 9. The summed E-state index contributed by atoms with van der Waals surface area (Å²) in [6, 6.07) is 9.26. The van der Waals surface area contributed by atoms with Crippen LogP contribution >= 0.6 is 0 Å². The van der Waals surface area contributed by atoms with Gasteiger partial charge in [0.05, 0.1) is 0 Å². The van der Waals surface area contributed by atoms with Crippen LogP contribution in [0.2, 0.25) is 0 Å². The Bertz CT molecular complexity index is 560. The topological polar surface area (TPSA) is 42.9 Å². The van der Waals surface area contributed by atoms with Gasteiger partial charge in [-0.05, 0) is 50.0 Å². The summed E-state index contributed by atoms with van der Waals surface area (Å²) >= 11 is 0. The quantitative estimate of drug-likeness (QED) is 0.516. The van der Waals surface area contributed by atoms with Crippen LogP contribution in [0.3, 0.4) is 0 Å². The SMILES string of the molecule is CCCN1CCC(NC(=NC)NCc2ccccc2CN(CC)CC)CC1. The van der Waals surface area contributed by atoms with Gasteiger partial charge in [0.25, 0.3) is 0 Å². The van der Waals surface area contributed by atoms with E-state index in [4.69, 9.17) is 0 Å². The lowest BCUT2D eigenvalue weighted by molar-refractivity contribution is 0.206. The highest BCUT2D eigenvalue weighted by molar-refractivity contribution is 5.80. The second kappa shape index (κ2) is 12.0. The van der Waals surface area contributed by atoms with Gasteiger partial charge in [0.15, 0.2) is 5.96 Å². The van der Waals surface area contributed by atoms with Crippen molar-refractivity contribution in [3.8, 4) is 0 Å². The van der Waals surface area contributed by atoms with E-state index in [1.807, 2.05) is 7.05 Å². The first-order valence-corrected chi connectivity index (χ1v) is 10.7. The van der Waals surface area contributed by atoms with Crippen LogP contribution in [0.4, 0.5) is 0 Å². The van der Waals surface area contributed by atoms with Crippen molar-refractivity contribution in [3.63, 3.8) is 0 Å². The maximum Gasteiger partial charge on any atom is 0.191 e. The second-order valence-electron chi connectivity index (χ2n) is 7.42. The van der Waals surface area contributed by atoms with Gasteiger partial charge in [-0.1, -0.05) is 45.0 Å². The summed E-state index contributed by atoms with van der Waals surface area (Å²) in [4.78, 5) is 9.47. The van der Waals surface area contributed by atoms with Gasteiger partial charge in [-0.3, -0.25) is 9.89 Å². The van der Waals surface area contributed by atoms with Crippen LogP contribution in [0.5, 0.6) is 0 Å². The van der Waals surface area contributed by atoms with Crippen molar-refractivity contribution < 1.29 is 0 Å². The van der Waals surface area contributed by atoms with E-state index in [9.17, 15) is 0 Å². The molecule has 0 bridgehead atoms. The molecule has 1 fully saturated rings. The van der Waals surface area contributed by atoms with Gasteiger partial charge in [-0.25, -0.2) is 0 Å². The molecular weight excluding hydrogens is 334 g/mol. The molecule has 0 unspecified atom stereocenters. The molecule has 1 aliphatic heterocycles. The number of hydrogen-bond donors (Lipinski definition) is 2. The van der Waals surface area contributed by atoms with Gasteiger partial charge in [0.1, 0.15) is 0 Å². The maximum absolute atomic E-state index is 4.45. The molecule has 0 spiro atoms. The van der Waals surface area contributed by atoms with Gasteiger partial charge in [0, 0.05) is 39.3 Å². The fraction of sp³-hybridized carbons (Fsp3) is 0.682. The number of nitrogens with one attached hydrogen (secondary N) is 2. The number of aliphatic imine (C=N–C) groups is 1. The highest BCUT2D eigenvalue weighted by Gasteiger charge is 2.19. The van der Waals surface area contributed by atoms with Gasteiger partial charge in [-0.2, -0.15) is 0 Å². The van der Waals surface area contributed by atoms with Crippen molar-refractivity contribution in [2.24, 2.45) is 4.99 Å². The van der Waals surface area contributed by atoms with Crippen LogP contribution in [0.1, 0.15) is 51.2 Å². The Morgan fingerprint density at radius 1 is 1.11 bits per heavy atom. The fourth-order valence-electron chi connectivity index (χ4n) is 3.76. The van der Waals surface area contributed by atoms with Crippen LogP contribution in [0, 0.1) is 0 Å². The number of piperidine rings is 1. The second-order valence-corrected chi connectivity index (χ2v) is 7.42. The van der Waals surface area contributed by atoms with Gasteiger partial charge < -0.3 is 15.5 Å². The van der Waals surface area contributed by atoms with Crippen LogP contribution < -0.4 is 10.6 Å². The molecular formula is C22H39N5. The molecule has 0 aromatic heterocycles. The molecule has 0 amide bonds. The Morgan fingerprint density at radius 2 is 1.78 bits per heavy atom. The van der Waals surface area contributed by atoms with E-state index in [0.29, 0.717) is 6.04 Å². The molecule has 5 nitrogen and oxygen atoms in total. The summed E-state index contributed by atoms with van der Waals surface area (Å²) in [6.45, 7) is 14.3. The summed E-state index contributed by atoms with van der Waals surface area (Å²) in [5, 5.41) is 7.15. The molecule has 1 saturated heterocycles. The van der Waals surface area contributed by atoms with E-state index in [2.05, 4.69) is 70.5 Å². The van der Waals surface area contributed by atoms with E-state index in [1.54, 1.807) is 0 Å². The smallest absolute Gasteiger partial charge is 0.191 e. The normalized spacial score (nSPS) is 16.7. The number of guanidine groups is 1. The van der Waals surface area contributed by atoms with Crippen molar-refractivity contribution in [1.29, 1.82) is 0 Å². The first-order chi connectivity index (χ1) is 13.2. The van der Waals surface area contributed by atoms with Gasteiger partial charge >= 0.3 is 0 Å². The zero-order valence-corrected chi connectivity index (χ0v) is 17.8. The summed E-state index contributed by atoms with van der Waals surface area (Å²) in [5.74, 6) is 0.918. The number of benzene rings is 1. The average Bonchev–Trinajstić information content (AvgIpc) is 2.71. The van der Waals surface area contributed by atoms with Gasteiger partial charge in [0.2, 0.25) is 0 Å².